The van der Waals surface area contributed by atoms with E-state index in [9.17, 15) is 24.4 Å². The Morgan fingerprint density at radius 3 is 2.32 bits per heavy atom. The summed E-state index contributed by atoms with van der Waals surface area (Å²) in [4.78, 5) is 53.1. The van der Waals surface area contributed by atoms with Crippen molar-refractivity contribution in [1.82, 2.24) is 9.80 Å². The average molecular weight is 550 g/mol. The summed E-state index contributed by atoms with van der Waals surface area (Å²) in [6, 6.07) is 6.43. The van der Waals surface area contributed by atoms with E-state index in [1.54, 1.807) is 25.1 Å². The van der Waals surface area contributed by atoms with Crippen LogP contribution in [0.5, 0.6) is 11.5 Å². The Hall–Kier alpha value is -2.79. The number of fused-ring (bicyclic) bond motifs is 2. The zero-order chi connectivity index (χ0) is 27.2. The van der Waals surface area contributed by atoms with E-state index in [4.69, 9.17) is 18.9 Å². The van der Waals surface area contributed by atoms with Crippen LogP contribution in [0.2, 0.25) is 0 Å². The van der Waals surface area contributed by atoms with Crippen LogP contribution in [0.25, 0.3) is 0 Å². The van der Waals surface area contributed by atoms with Crippen molar-refractivity contribution in [2.24, 2.45) is 5.41 Å². The van der Waals surface area contributed by atoms with Gasteiger partial charge in [0.25, 0.3) is 11.8 Å². The van der Waals surface area contributed by atoms with Gasteiger partial charge in [0.15, 0.2) is 21.2 Å². The Balaban J connectivity index is 1.91. The first-order valence-electron chi connectivity index (χ1n) is 11.3. The highest BCUT2D eigenvalue weighted by atomic mass is 32.2. The molecule has 0 radical (unpaired) electrons. The number of amides is 2. The van der Waals surface area contributed by atoms with Gasteiger partial charge in [0.05, 0.1) is 17.5 Å². The molecule has 0 N–H and O–H groups in total. The van der Waals surface area contributed by atoms with E-state index >= 15 is 0 Å². The highest BCUT2D eigenvalue weighted by Crippen LogP contribution is 2.62. The average Bonchev–Trinajstić information content (AvgIpc) is 3.42. The largest absolute Gasteiger partial charge is 0.454 e. The fraction of sp³-hybridized carbons (Fsp3) is 0.542. The number of hydrogen-bond acceptors (Lipinski definition) is 11. The zero-order valence-corrected chi connectivity index (χ0v) is 22.7. The summed E-state index contributed by atoms with van der Waals surface area (Å²) in [6.45, 7) is 2.62. The summed E-state index contributed by atoms with van der Waals surface area (Å²) in [7, 11) is 4.13. The molecule has 37 heavy (non-hydrogen) atoms. The standard InChI is InChI=1S/C24H27N3O8S2/c1-22(12-25)11-24(37-18(29)10-33-5)21(31)26(3)23(2,36-17(28)9-32-4)20(30)27(24)19(22)14-6-7-15-16(8-14)35-13-34-15/h6-8,19H,9-11,13H2,1-5H3/t19-,22+,23-,24?/m0/s1. The Labute approximate surface area is 222 Å². The summed E-state index contributed by atoms with van der Waals surface area (Å²) < 4.78 is 20.8. The lowest BCUT2D eigenvalue weighted by molar-refractivity contribution is -0.163. The summed E-state index contributed by atoms with van der Waals surface area (Å²) >= 11 is 1.35. The topological polar surface area (TPSA) is 135 Å². The third kappa shape index (κ3) is 4.25. The molecule has 3 heterocycles. The van der Waals surface area contributed by atoms with Crippen LogP contribution >= 0.6 is 23.5 Å². The molecule has 11 nitrogen and oxygen atoms in total. The van der Waals surface area contributed by atoms with Gasteiger partial charge in [-0.25, -0.2) is 0 Å². The summed E-state index contributed by atoms with van der Waals surface area (Å²) in [5, 5.41) is 9.45. The molecule has 2 amide bonds. The molecule has 4 rings (SSSR count). The van der Waals surface area contributed by atoms with Gasteiger partial charge in [-0.1, -0.05) is 6.07 Å². The minimum Gasteiger partial charge on any atom is -0.454 e. The molecule has 3 aliphatic rings. The number of ether oxygens (including phenoxy) is 4. The van der Waals surface area contributed by atoms with Crippen molar-refractivity contribution in [3.63, 3.8) is 0 Å². The van der Waals surface area contributed by atoms with Gasteiger partial charge in [-0.15, -0.1) is 0 Å². The maximum atomic E-state index is 14.4. The van der Waals surface area contributed by atoms with Crippen molar-refractivity contribution < 1.29 is 38.1 Å². The lowest BCUT2D eigenvalue weighted by atomic mass is 9.79. The third-order valence-electron chi connectivity index (χ3n) is 6.84. The number of hydrogen-bond donors (Lipinski definition) is 0. The number of piperazine rings is 1. The lowest BCUT2D eigenvalue weighted by Gasteiger charge is -2.52. The number of nitrogens with zero attached hydrogens (tertiary/aromatic N) is 3. The molecule has 0 bridgehead atoms. The summed E-state index contributed by atoms with van der Waals surface area (Å²) in [5.41, 5.74) is -0.733. The van der Waals surface area contributed by atoms with E-state index in [2.05, 4.69) is 6.07 Å². The molecular formula is C24H27N3O8S2. The Morgan fingerprint density at radius 2 is 1.70 bits per heavy atom. The molecule has 1 aromatic carbocycles. The van der Waals surface area contributed by atoms with Crippen LogP contribution in [-0.2, 0) is 28.7 Å². The number of likely N-dealkylation sites (N-methyl/N-ethyl adjacent to an activating group) is 1. The Bertz CT molecular complexity index is 1200. The summed E-state index contributed by atoms with van der Waals surface area (Å²) in [5.74, 6) is -0.184. The smallest absolute Gasteiger partial charge is 0.261 e. The third-order valence-corrected chi connectivity index (χ3v) is 9.23. The minimum absolute atomic E-state index is 0.0343. The van der Waals surface area contributed by atoms with Crippen LogP contribution in [0, 0.1) is 16.7 Å². The monoisotopic (exact) mass is 549 g/mol. The first kappa shape index (κ1) is 27.3. The molecule has 13 heteroatoms. The molecule has 3 aliphatic heterocycles. The molecule has 0 aromatic heterocycles. The number of carbonyl (C=O) groups excluding carboxylic acids is 4. The molecule has 198 valence electrons. The second kappa shape index (κ2) is 9.83. The van der Waals surface area contributed by atoms with E-state index in [0.717, 1.165) is 0 Å². The number of thioether (sulfide) groups is 2. The van der Waals surface area contributed by atoms with Crippen LogP contribution in [0.15, 0.2) is 18.2 Å². The van der Waals surface area contributed by atoms with Crippen molar-refractivity contribution in [2.75, 3.05) is 41.3 Å². The predicted octanol–water partition coefficient (Wildman–Crippen LogP) is 1.92. The van der Waals surface area contributed by atoms with Gasteiger partial charge in [-0.2, -0.15) is 5.26 Å². The van der Waals surface area contributed by atoms with Crippen LogP contribution < -0.4 is 9.47 Å². The van der Waals surface area contributed by atoms with Crippen molar-refractivity contribution in [3.05, 3.63) is 23.8 Å². The highest BCUT2D eigenvalue weighted by Gasteiger charge is 2.71. The van der Waals surface area contributed by atoms with Crippen molar-refractivity contribution in [2.45, 2.75) is 36.1 Å². The number of rotatable bonds is 7. The molecule has 4 atom stereocenters. The number of carbonyl (C=O) groups is 4. The van der Waals surface area contributed by atoms with Gasteiger partial charge in [0, 0.05) is 27.7 Å². The number of methoxy groups -OCH3 is 2. The highest BCUT2D eigenvalue weighted by molar-refractivity contribution is 8.16. The van der Waals surface area contributed by atoms with E-state index in [1.807, 2.05) is 0 Å². The van der Waals surface area contributed by atoms with Crippen LogP contribution in [0.3, 0.4) is 0 Å². The first-order valence-corrected chi connectivity index (χ1v) is 12.9. The molecule has 2 fully saturated rings. The maximum absolute atomic E-state index is 14.4. The van der Waals surface area contributed by atoms with E-state index in [0.29, 0.717) is 40.6 Å². The normalized spacial score (nSPS) is 30.3. The van der Waals surface area contributed by atoms with Crippen LogP contribution in [-0.4, -0.2) is 82.9 Å². The molecule has 1 unspecified atom stereocenters. The van der Waals surface area contributed by atoms with Crippen molar-refractivity contribution >= 4 is 45.6 Å². The summed E-state index contributed by atoms with van der Waals surface area (Å²) in [6.07, 6.45) is -0.114. The van der Waals surface area contributed by atoms with Gasteiger partial charge in [0.2, 0.25) is 17.0 Å². The van der Waals surface area contributed by atoms with Crippen LogP contribution in [0.1, 0.15) is 31.9 Å². The quantitative estimate of drug-likeness (QED) is 0.493. The SMILES string of the molecule is COCC(=O)SC12C[C@](C)(C#N)[C@H](c3ccc4c(c3)OCO4)N1C(=O)[C@](C)(SC(=O)COC)N(C)C2=O. The molecule has 0 spiro atoms. The molecule has 0 saturated carbocycles. The van der Waals surface area contributed by atoms with Gasteiger partial charge in [-0.3, -0.25) is 19.2 Å². The van der Waals surface area contributed by atoms with Gasteiger partial charge >= 0.3 is 0 Å². The second-order valence-corrected chi connectivity index (χ2v) is 12.1. The van der Waals surface area contributed by atoms with Gasteiger partial charge in [0.1, 0.15) is 13.2 Å². The molecule has 0 aliphatic carbocycles. The number of nitriles is 1. The predicted molar refractivity (Wildman–Crippen MR) is 133 cm³/mol. The van der Waals surface area contributed by atoms with Gasteiger partial charge < -0.3 is 28.7 Å². The van der Waals surface area contributed by atoms with E-state index in [-0.39, 0.29) is 26.4 Å². The van der Waals surface area contributed by atoms with Gasteiger partial charge in [-0.05, 0) is 55.1 Å². The van der Waals surface area contributed by atoms with Crippen molar-refractivity contribution in [1.29, 1.82) is 5.26 Å². The molecular weight excluding hydrogens is 522 g/mol. The fourth-order valence-corrected chi connectivity index (χ4v) is 7.56. The lowest BCUT2D eigenvalue weighted by Crippen LogP contribution is -2.71. The minimum atomic E-state index is -1.72. The first-order chi connectivity index (χ1) is 17.5. The number of benzene rings is 1. The Kier molecular flexibility index (Phi) is 7.24. The van der Waals surface area contributed by atoms with Crippen LogP contribution in [0.4, 0.5) is 0 Å². The Morgan fingerprint density at radius 1 is 1.08 bits per heavy atom. The fourth-order valence-electron chi connectivity index (χ4n) is 5.10. The zero-order valence-electron chi connectivity index (χ0n) is 21.1. The molecule has 1 aromatic rings. The molecule has 2 saturated heterocycles. The van der Waals surface area contributed by atoms with E-state index < -0.39 is 43.2 Å². The van der Waals surface area contributed by atoms with E-state index in [1.165, 1.54) is 38.0 Å². The second-order valence-electron chi connectivity index (χ2n) is 9.34. The maximum Gasteiger partial charge on any atom is 0.261 e. The van der Waals surface area contributed by atoms with Crippen molar-refractivity contribution in [3.8, 4) is 17.6 Å².